The van der Waals surface area contributed by atoms with Gasteiger partial charge in [0, 0.05) is 17.6 Å². The van der Waals surface area contributed by atoms with E-state index in [1.165, 1.54) is 0 Å². The Morgan fingerprint density at radius 3 is 2.29 bits per heavy atom. The second-order valence-electron chi connectivity index (χ2n) is 6.43. The molecule has 1 saturated carbocycles. The van der Waals surface area contributed by atoms with Crippen LogP contribution in [0.15, 0.2) is 28.7 Å². The third kappa shape index (κ3) is 2.37. The Morgan fingerprint density at radius 1 is 1.19 bits per heavy atom. The van der Waals surface area contributed by atoms with Gasteiger partial charge in [-0.05, 0) is 43.9 Å². The first-order valence-corrected chi connectivity index (χ1v) is 7.96. The number of carbonyl (C=O) groups excluding carboxylic acids is 1. The van der Waals surface area contributed by atoms with Crippen molar-refractivity contribution >= 4 is 27.8 Å². The highest BCUT2D eigenvalue weighted by Crippen LogP contribution is 2.50. The van der Waals surface area contributed by atoms with Crippen LogP contribution in [0.1, 0.15) is 31.7 Å². The molecule has 1 aliphatic heterocycles. The number of likely N-dealkylation sites (tertiary alicyclic amines) is 1. The number of carbonyl (C=O) groups is 2. The molecule has 0 bridgehead atoms. The molecule has 21 heavy (non-hydrogen) atoms. The Hall–Kier alpha value is -1.36. The number of halogens is 1. The molecule has 4 nitrogen and oxygen atoms in total. The van der Waals surface area contributed by atoms with E-state index in [0.29, 0.717) is 19.5 Å². The first kappa shape index (κ1) is 14.6. The number of amides is 1. The molecule has 1 aromatic carbocycles. The minimum atomic E-state index is -0.814. The van der Waals surface area contributed by atoms with E-state index in [2.05, 4.69) is 15.9 Å². The lowest BCUT2D eigenvalue weighted by Crippen LogP contribution is -2.40. The maximum Gasteiger partial charge on any atom is 0.311 e. The van der Waals surface area contributed by atoms with Crippen LogP contribution < -0.4 is 0 Å². The topological polar surface area (TPSA) is 57.6 Å². The van der Waals surface area contributed by atoms with Gasteiger partial charge in [-0.3, -0.25) is 9.59 Å². The summed E-state index contributed by atoms with van der Waals surface area (Å²) in [6, 6.07) is 7.88. The summed E-state index contributed by atoms with van der Waals surface area (Å²) in [7, 11) is 0. The predicted octanol–water partition coefficient (Wildman–Crippen LogP) is 2.80. The molecule has 2 aliphatic rings. The molecule has 1 amide bonds. The average molecular weight is 352 g/mol. The fraction of sp³-hybridized carbons (Fsp3) is 0.500. The number of hydrogen-bond acceptors (Lipinski definition) is 2. The summed E-state index contributed by atoms with van der Waals surface area (Å²) in [5.41, 5.74) is -0.171. The van der Waals surface area contributed by atoms with E-state index < -0.39 is 16.8 Å². The fourth-order valence-electron chi connectivity index (χ4n) is 3.13. The highest BCUT2D eigenvalue weighted by molar-refractivity contribution is 9.10. The normalized spacial score (nSPS) is 26.7. The molecule has 2 fully saturated rings. The number of benzene rings is 1. The number of rotatable bonds is 3. The maximum atomic E-state index is 12.8. The molecule has 0 radical (unpaired) electrons. The van der Waals surface area contributed by atoms with Crippen LogP contribution >= 0.6 is 15.9 Å². The summed E-state index contributed by atoms with van der Waals surface area (Å²) in [6.07, 6.45) is 2.24. The van der Waals surface area contributed by atoms with Crippen LogP contribution in [0.3, 0.4) is 0 Å². The van der Waals surface area contributed by atoms with Gasteiger partial charge in [0.05, 0.1) is 10.8 Å². The molecule has 1 N–H and O–H groups in total. The van der Waals surface area contributed by atoms with Crippen LogP contribution in [0, 0.1) is 5.41 Å². The van der Waals surface area contributed by atoms with Crippen LogP contribution in [-0.4, -0.2) is 35.0 Å². The van der Waals surface area contributed by atoms with Gasteiger partial charge in [0.15, 0.2) is 0 Å². The van der Waals surface area contributed by atoms with Crippen molar-refractivity contribution in [1.82, 2.24) is 4.90 Å². The van der Waals surface area contributed by atoms with Gasteiger partial charge >= 0.3 is 5.97 Å². The molecule has 1 heterocycles. The lowest BCUT2D eigenvalue weighted by Gasteiger charge is -2.25. The SMILES string of the molecule is C[C@]1(C(=O)O)CCN(C(=O)C2(c3ccc(Br)cc3)CC2)C1. The molecule has 0 aromatic heterocycles. The largest absolute Gasteiger partial charge is 0.481 e. The van der Waals surface area contributed by atoms with E-state index in [1.54, 1.807) is 11.8 Å². The van der Waals surface area contributed by atoms with Crippen LogP contribution in [-0.2, 0) is 15.0 Å². The summed E-state index contributed by atoms with van der Waals surface area (Å²) in [5.74, 6) is -0.721. The Kier molecular flexibility index (Phi) is 3.35. The number of aliphatic carboxylic acids is 1. The van der Waals surface area contributed by atoms with E-state index in [9.17, 15) is 14.7 Å². The van der Waals surface area contributed by atoms with E-state index in [-0.39, 0.29) is 5.91 Å². The second kappa shape index (κ2) is 4.83. The zero-order valence-electron chi connectivity index (χ0n) is 11.9. The predicted molar refractivity (Wildman–Crippen MR) is 82.0 cm³/mol. The van der Waals surface area contributed by atoms with E-state index in [1.807, 2.05) is 24.3 Å². The highest BCUT2D eigenvalue weighted by atomic mass is 79.9. The van der Waals surface area contributed by atoms with Crippen LogP contribution in [0.2, 0.25) is 0 Å². The minimum Gasteiger partial charge on any atom is -0.481 e. The van der Waals surface area contributed by atoms with Crippen LogP contribution in [0.25, 0.3) is 0 Å². The zero-order valence-corrected chi connectivity index (χ0v) is 13.5. The first-order valence-electron chi connectivity index (χ1n) is 7.16. The molecule has 1 aliphatic carbocycles. The van der Waals surface area contributed by atoms with Gasteiger partial charge in [-0.1, -0.05) is 28.1 Å². The lowest BCUT2D eigenvalue weighted by atomic mass is 9.90. The van der Waals surface area contributed by atoms with E-state index in [4.69, 9.17) is 0 Å². The van der Waals surface area contributed by atoms with Gasteiger partial charge in [-0.15, -0.1) is 0 Å². The Labute approximate surface area is 132 Å². The quantitative estimate of drug-likeness (QED) is 0.910. The molecule has 0 spiro atoms. The number of hydrogen-bond donors (Lipinski definition) is 1. The van der Waals surface area contributed by atoms with Crippen molar-refractivity contribution in [2.75, 3.05) is 13.1 Å². The van der Waals surface area contributed by atoms with Crippen molar-refractivity contribution in [2.45, 2.75) is 31.6 Å². The molecule has 112 valence electrons. The molecule has 1 aromatic rings. The summed E-state index contributed by atoms with van der Waals surface area (Å²) in [5, 5.41) is 9.29. The number of nitrogens with zero attached hydrogens (tertiary/aromatic N) is 1. The van der Waals surface area contributed by atoms with Crippen molar-refractivity contribution < 1.29 is 14.7 Å². The summed E-state index contributed by atoms with van der Waals surface area (Å²) < 4.78 is 0.995. The molecule has 3 rings (SSSR count). The molecule has 5 heteroatoms. The fourth-order valence-corrected chi connectivity index (χ4v) is 3.40. The van der Waals surface area contributed by atoms with Crippen molar-refractivity contribution in [1.29, 1.82) is 0 Å². The first-order chi connectivity index (χ1) is 9.87. The van der Waals surface area contributed by atoms with Crippen molar-refractivity contribution in [3.8, 4) is 0 Å². The molecule has 1 saturated heterocycles. The molecule has 1 atom stereocenters. The van der Waals surface area contributed by atoms with Crippen LogP contribution in [0.5, 0.6) is 0 Å². The second-order valence-corrected chi connectivity index (χ2v) is 7.35. The van der Waals surface area contributed by atoms with Gasteiger partial charge < -0.3 is 10.0 Å². The third-order valence-corrected chi connectivity index (χ3v) is 5.36. The van der Waals surface area contributed by atoms with Gasteiger partial charge in [0.25, 0.3) is 0 Å². The Balaban J connectivity index is 1.80. The minimum absolute atomic E-state index is 0.0924. The van der Waals surface area contributed by atoms with Crippen LogP contribution in [0.4, 0.5) is 0 Å². The van der Waals surface area contributed by atoms with Crippen molar-refractivity contribution in [2.24, 2.45) is 5.41 Å². The smallest absolute Gasteiger partial charge is 0.311 e. The van der Waals surface area contributed by atoms with Gasteiger partial charge in [0.1, 0.15) is 0 Å². The van der Waals surface area contributed by atoms with Crippen molar-refractivity contribution in [3.63, 3.8) is 0 Å². The number of carboxylic acids is 1. The lowest BCUT2D eigenvalue weighted by molar-refractivity contribution is -0.147. The Morgan fingerprint density at radius 2 is 1.81 bits per heavy atom. The van der Waals surface area contributed by atoms with E-state index in [0.717, 1.165) is 22.9 Å². The van der Waals surface area contributed by atoms with Gasteiger partial charge in [0.2, 0.25) is 5.91 Å². The average Bonchev–Trinajstić information content (AvgIpc) is 3.16. The summed E-state index contributed by atoms with van der Waals surface area (Å²) in [6.45, 7) is 2.58. The van der Waals surface area contributed by atoms with Crippen molar-refractivity contribution in [3.05, 3.63) is 34.3 Å². The number of carboxylic acid groups (broad SMARTS) is 1. The molecule has 0 unspecified atom stereocenters. The van der Waals surface area contributed by atoms with E-state index >= 15 is 0 Å². The van der Waals surface area contributed by atoms with Gasteiger partial charge in [-0.25, -0.2) is 0 Å². The molecular weight excluding hydrogens is 334 g/mol. The molecular formula is C16H18BrNO3. The Bertz CT molecular complexity index is 594. The monoisotopic (exact) mass is 351 g/mol. The standard InChI is InChI=1S/C16H18BrNO3/c1-15(14(20)21)8-9-18(10-15)13(19)16(6-7-16)11-2-4-12(17)5-3-11/h2-5H,6-10H2,1H3,(H,20,21)/t15-/m0/s1. The zero-order chi connectivity index (χ0) is 15.3. The summed E-state index contributed by atoms with van der Waals surface area (Å²) >= 11 is 3.41. The van der Waals surface area contributed by atoms with Gasteiger partial charge in [-0.2, -0.15) is 0 Å². The summed E-state index contributed by atoms with van der Waals surface area (Å²) in [4.78, 5) is 25.9. The maximum absolute atomic E-state index is 12.8. The third-order valence-electron chi connectivity index (χ3n) is 4.83. The highest BCUT2D eigenvalue weighted by Gasteiger charge is 2.55.